The third kappa shape index (κ3) is 3.72. The second-order valence-electron chi connectivity index (χ2n) is 6.77. The fourth-order valence-corrected chi connectivity index (χ4v) is 3.24. The zero-order valence-corrected chi connectivity index (χ0v) is 13.8. The lowest BCUT2D eigenvalue weighted by Crippen LogP contribution is -2.52. The van der Waals surface area contributed by atoms with E-state index >= 15 is 0 Å². The summed E-state index contributed by atoms with van der Waals surface area (Å²) in [7, 11) is 0. The quantitative estimate of drug-likeness (QED) is 0.776. The molecule has 0 aromatic heterocycles. The Labute approximate surface area is 136 Å². The predicted octanol–water partition coefficient (Wildman–Crippen LogP) is 2.15. The molecule has 0 heterocycles. The van der Waals surface area contributed by atoms with Gasteiger partial charge in [0.25, 0.3) is 0 Å². The molecule has 5 nitrogen and oxygen atoms in total. The van der Waals surface area contributed by atoms with Crippen molar-refractivity contribution < 1.29 is 19.8 Å². The number of rotatable bonds is 5. The fraction of sp³-hybridized carbons (Fsp3) is 0.556. The lowest BCUT2D eigenvalue weighted by atomic mass is 9.68. The van der Waals surface area contributed by atoms with Crippen LogP contribution in [-0.4, -0.2) is 34.2 Å². The Morgan fingerprint density at radius 2 is 1.91 bits per heavy atom. The molecule has 1 aliphatic rings. The monoisotopic (exact) mass is 319 g/mol. The number of carbonyl (C=O) groups excluding carboxylic acids is 1. The zero-order valence-electron chi connectivity index (χ0n) is 13.8. The number of carboxylic acids is 1. The first-order valence-corrected chi connectivity index (χ1v) is 8.09. The van der Waals surface area contributed by atoms with Gasteiger partial charge in [0.1, 0.15) is 0 Å². The number of hydrogen-bond donors (Lipinski definition) is 3. The maximum Gasteiger partial charge on any atom is 0.337 e. The largest absolute Gasteiger partial charge is 0.479 e. The molecule has 2 rings (SSSR count). The third-order valence-electron chi connectivity index (χ3n) is 4.77. The molecule has 1 aromatic rings. The molecule has 1 aromatic carbocycles. The first-order valence-electron chi connectivity index (χ1n) is 8.09. The zero-order chi connectivity index (χ0) is 17.1. The molecule has 3 N–H and O–H groups in total. The minimum atomic E-state index is -1.96. The summed E-state index contributed by atoms with van der Waals surface area (Å²) in [4.78, 5) is 23.9. The summed E-state index contributed by atoms with van der Waals surface area (Å²) in [5.41, 5.74) is -0.515. The molecular weight excluding hydrogens is 294 g/mol. The molecular formula is C18H25NO4. The second kappa shape index (κ2) is 6.71. The van der Waals surface area contributed by atoms with Crippen LogP contribution in [0.1, 0.15) is 50.2 Å². The summed E-state index contributed by atoms with van der Waals surface area (Å²) in [6.07, 6.45) is 4.54. The second-order valence-corrected chi connectivity index (χ2v) is 6.77. The van der Waals surface area contributed by atoms with Crippen LogP contribution in [0.2, 0.25) is 0 Å². The minimum absolute atomic E-state index is 0.190. The molecule has 0 radical (unpaired) electrons. The number of carboxylic acid groups (broad SMARTS) is 1. The van der Waals surface area contributed by atoms with Crippen LogP contribution < -0.4 is 5.32 Å². The first-order chi connectivity index (χ1) is 10.8. The number of amides is 1. The van der Waals surface area contributed by atoms with Crippen LogP contribution in [0.15, 0.2) is 24.3 Å². The van der Waals surface area contributed by atoms with E-state index in [2.05, 4.69) is 5.32 Å². The molecule has 1 fully saturated rings. The predicted molar refractivity (Wildman–Crippen MR) is 87.2 cm³/mol. The molecule has 0 bridgehead atoms. The Balaban J connectivity index is 2.25. The number of benzene rings is 1. The van der Waals surface area contributed by atoms with E-state index in [0.717, 1.165) is 43.2 Å². The smallest absolute Gasteiger partial charge is 0.337 e. The van der Waals surface area contributed by atoms with Crippen molar-refractivity contribution in [3.05, 3.63) is 35.4 Å². The van der Waals surface area contributed by atoms with Gasteiger partial charge in [-0.05, 0) is 32.3 Å². The van der Waals surface area contributed by atoms with Gasteiger partial charge in [0.15, 0.2) is 5.60 Å². The van der Waals surface area contributed by atoms with Crippen LogP contribution in [-0.2, 0) is 15.0 Å². The van der Waals surface area contributed by atoms with E-state index < -0.39 is 17.0 Å². The Morgan fingerprint density at radius 3 is 2.48 bits per heavy atom. The van der Waals surface area contributed by atoms with Crippen LogP contribution in [0, 0.1) is 6.92 Å². The van der Waals surface area contributed by atoms with E-state index in [4.69, 9.17) is 5.11 Å². The number of hydrogen-bond acceptors (Lipinski definition) is 3. The average molecular weight is 319 g/mol. The molecule has 1 amide bonds. The molecule has 1 saturated carbocycles. The van der Waals surface area contributed by atoms with Gasteiger partial charge < -0.3 is 15.5 Å². The maximum atomic E-state index is 12.9. The number of nitrogens with one attached hydrogen (secondary N) is 1. The van der Waals surface area contributed by atoms with Gasteiger partial charge in [-0.2, -0.15) is 0 Å². The Morgan fingerprint density at radius 1 is 1.26 bits per heavy atom. The summed E-state index contributed by atoms with van der Waals surface area (Å²) in [5, 5.41) is 21.5. The number of aryl methyl sites for hydroxylation is 1. The Hall–Kier alpha value is -1.88. The molecule has 1 unspecified atom stereocenters. The molecule has 126 valence electrons. The molecule has 23 heavy (non-hydrogen) atoms. The van der Waals surface area contributed by atoms with Crippen molar-refractivity contribution in [3.63, 3.8) is 0 Å². The van der Waals surface area contributed by atoms with Crippen molar-refractivity contribution in [1.82, 2.24) is 5.32 Å². The van der Waals surface area contributed by atoms with E-state index in [-0.39, 0.29) is 12.5 Å². The van der Waals surface area contributed by atoms with Gasteiger partial charge in [-0.1, -0.05) is 49.1 Å². The minimum Gasteiger partial charge on any atom is -0.479 e. The Bertz CT molecular complexity index is 588. The fourth-order valence-electron chi connectivity index (χ4n) is 3.24. The maximum absolute atomic E-state index is 12.9. The highest BCUT2D eigenvalue weighted by Crippen LogP contribution is 2.40. The van der Waals surface area contributed by atoms with Gasteiger partial charge in [0.05, 0.1) is 12.0 Å². The SMILES string of the molecule is Cc1cccc(C2(C(=O)NCC(C)(O)C(=O)O)CCCCC2)c1. The number of aliphatic hydroxyl groups is 1. The van der Waals surface area contributed by atoms with Crippen molar-refractivity contribution in [3.8, 4) is 0 Å². The Kier molecular flexibility index (Phi) is 5.09. The highest BCUT2D eigenvalue weighted by atomic mass is 16.4. The van der Waals surface area contributed by atoms with E-state index in [1.807, 2.05) is 31.2 Å². The summed E-state index contributed by atoms with van der Waals surface area (Å²) in [6, 6.07) is 7.93. The van der Waals surface area contributed by atoms with Crippen LogP contribution >= 0.6 is 0 Å². The van der Waals surface area contributed by atoms with Crippen molar-refractivity contribution in [2.45, 2.75) is 57.0 Å². The lowest BCUT2D eigenvalue weighted by Gasteiger charge is -2.37. The van der Waals surface area contributed by atoms with E-state index in [1.54, 1.807) is 0 Å². The highest BCUT2D eigenvalue weighted by Gasteiger charge is 2.42. The van der Waals surface area contributed by atoms with Gasteiger partial charge in [-0.3, -0.25) is 4.79 Å². The molecule has 1 aliphatic carbocycles. The van der Waals surface area contributed by atoms with Crippen molar-refractivity contribution in [2.24, 2.45) is 0 Å². The molecule has 5 heteroatoms. The normalized spacial score (nSPS) is 19.6. The summed E-state index contributed by atoms with van der Waals surface area (Å²) < 4.78 is 0. The number of aliphatic carboxylic acids is 1. The van der Waals surface area contributed by atoms with Gasteiger partial charge in [-0.15, -0.1) is 0 Å². The summed E-state index contributed by atoms with van der Waals surface area (Å²) in [6.45, 7) is 2.89. The van der Waals surface area contributed by atoms with Crippen LogP contribution in [0.5, 0.6) is 0 Å². The van der Waals surface area contributed by atoms with Gasteiger partial charge >= 0.3 is 5.97 Å². The van der Waals surface area contributed by atoms with Crippen molar-refractivity contribution in [1.29, 1.82) is 0 Å². The van der Waals surface area contributed by atoms with Gasteiger partial charge in [-0.25, -0.2) is 4.79 Å². The van der Waals surface area contributed by atoms with Gasteiger partial charge in [0.2, 0.25) is 5.91 Å². The van der Waals surface area contributed by atoms with E-state index in [1.165, 1.54) is 6.92 Å². The molecule has 0 aliphatic heterocycles. The molecule has 0 spiro atoms. The topological polar surface area (TPSA) is 86.6 Å². The van der Waals surface area contributed by atoms with Crippen LogP contribution in [0.4, 0.5) is 0 Å². The third-order valence-corrected chi connectivity index (χ3v) is 4.77. The first kappa shape index (κ1) is 17.5. The van der Waals surface area contributed by atoms with Crippen molar-refractivity contribution in [2.75, 3.05) is 6.54 Å². The van der Waals surface area contributed by atoms with Crippen molar-refractivity contribution >= 4 is 11.9 Å². The highest BCUT2D eigenvalue weighted by molar-refractivity contribution is 5.89. The lowest BCUT2D eigenvalue weighted by molar-refractivity contribution is -0.156. The summed E-state index contributed by atoms with van der Waals surface area (Å²) in [5.74, 6) is -1.53. The van der Waals surface area contributed by atoms with Crippen LogP contribution in [0.25, 0.3) is 0 Å². The van der Waals surface area contributed by atoms with E-state index in [9.17, 15) is 14.7 Å². The summed E-state index contributed by atoms with van der Waals surface area (Å²) >= 11 is 0. The molecule has 0 saturated heterocycles. The standard InChI is InChI=1S/C18H25NO4/c1-13-7-6-8-14(11-13)18(9-4-3-5-10-18)15(20)19-12-17(2,23)16(21)22/h6-8,11,23H,3-5,9-10,12H2,1-2H3,(H,19,20)(H,21,22). The van der Waals surface area contributed by atoms with Gasteiger partial charge in [0, 0.05) is 0 Å². The average Bonchev–Trinajstić information content (AvgIpc) is 2.53. The van der Waals surface area contributed by atoms with E-state index in [0.29, 0.717) is 0 Å². The number of carbonyl (C=O) groups is 2. The van der Waals surface area contributed by atoms with Crippen LogP contribution in [0.3, 0.4) is 0 Å². The molecule has 1 atom stereocenters.